The number of carboxylic acid groups (broad SMARTS) is 1. The van der Waals surface area contributed by atoms with Crippen LogP contribution in [-0.2, 0) is 18.4 Å². The van der Waals surface area contributed by atoms with Crippen LogP contribution in [0.5, 0.6) is 0 Å². The van der Waals surface area contributed by atoms with Crippen LogP contribution in [0.1, 0.15) is 30.8 Å². The van der Waals surface area contributed by atoms with E-state index in [0.717, 1.165) is 17.0 Å². The summed E-state index contributed by atoms with van der Waals surface area (Å²) in [5.41, 5.74) is 1.45. The molecule has 0 unspecified atom stereocenters. The molecule has 0 radical (unpaired) electrons. The molecule has 0 fully saturated rings. The van der Waals surface area contributed by atoms with Crippen LogP contribution in [0.15, 0.2) is 0 Å². The van der Waals surface area contributed by atoms with Gasteiger partial charge in [-0.3, -0.25) is 4.68 Å². The predicted molar refractivity (Wildman–Crippen MR) is 69.8 cm³/mol. The zero-order valence-electron chi connectivity index (χ0n) is 11.9. The van der Waals surface area contributed by atoms with Crippen LogP contribution in [0.3, 0.4) is 0 Å². The molecule has 7 nitrogen and oxygen atoms in total. The number of carbonyl (C=O) groups is 2. The van der Waals surface area contributed by atoms with E-state index >= 15 is 0 Å². The minimum atomic E-state index is -1.30. The zero-order valence-corrected chi connectivity index (χ0v) is 11.9. The van der Waals surface area contributed by atoms with E-state index in [4.69, 9.17) is 5.11 Å². The molecule has 0 aromatic carbocycles. The van der Waals surface area contributed by atoms with E-state index in [-0.39, 0.29) is 0 Å². The molecule has 106 valence electrons. The fraction of sp³-hybridized carbons (Fsp3) is 0.583. The maximum Gasteiger partial charge on any atom is 0.328 e. The third kappa shape index (κ3) is 3.46. The molecule has 0 bridgehead atoms. The lowest BCUT2D eigenvalue weighted by Crippen LogP contribution is -2.53. The first kappa shape index (κ1) is 15.0. The second kappa shape index (κ2) is 5.29. The van der Waals surface area contributed by atoms with Gasteiger partial charge in [-0.1, -0.05) is 0 Å². The number of aryl methyl sites for hydroxylation is 2. The molecule has 0 aliphatic rings. The number of aromatic nitrogens is 2. The number of carbonyl (C=O) groups excluding carboxylic acids is 1. The lowest BCUT2D eigenvalue weighted by atomic mass is 10.1. The van der Waals surface area contributed by atoms with Gasteiger partial charge in [0.15, 0.2) is 0 Å². The Kier molecular flexibility index (Phi) is 4.18. The second-order valence-corrected chi connectivity index (χ2v) is 5.01. The smallest absolute Gasteiger partial charge is 0.328 e. The Hall–Kier alpha value is -2.05. The van der Waals surface area contributed by atoms with E-state index in [1.54, 1.807) is 4.68 Å². The Morgan fingerprint density at radius 2 is 1.95 bits per heavy atom. The van der Waals surface area contributed by atoms with Gasteiger partial charge in [0.1, 0.15) is 5.54 Å². The van der Waals surface area contributed by atoms with Gasteiger partial charge in [-0.15, -0.1) is 0 Å². The Balaban J connectivity index is 2.63. The third-order valence-corrected chi connectivity index (χ3v) is 3.05. The monoisotopic (exact) mass is 268 g/mol. The van der Waals surface area contributed by atoms with Gasteiger partial charge in [-0.05, 0) is 27.7 Å². The van der Waals surface area contributed by atoms with Crippen LogP contribution in [0.4, 0.5) is 4.79 Å². The Bertz CT molecular complexity index is 505. The molecule has 7 heteroatoms. The number of rotatable bonds is 4. The average Bonchev–Trinajstić information content (AvgIpc) is 2.50. The summed E-state index contributed by atoms with van der Waals surface area (Å²) in [4.78, 5) is 22.5. The molecule has 0 aliphatic heterocycles. The maximum absolute atomic E-state index is 11.7. The fourth-order valence-corrected chi connectivity index (χ4v) is 1.62. The number of nitrogens with zero attached hydrogens (tertiary/aromatic N) is 2. The zero-order chi connectivity index (χ0) is 14.8. The van der Waals surface area contributed by atoms with E-state index < -0.39 is 17.5 Å². The van der Waals surface area contributed by atoms with Crippen LogP contribution in [0.2, 0.25) is 0 Å². The minimum absolute atomic E-state index is 0.313. The Labute approximate surface area is 112 Å². The van der Waals surface area contributed by atoms with Crippen LogP contribution < -0.4 is 10.6 Å². The van der Waals surface area contributed by atoms with Gasteiger partial charge >= 0.3 is 12.0 Å². The van der Waals surface area contributed by atoms with Gasteiger partial charge in [0.05, 0.1) is 5.69 Å². The number of hydrogen-bond donors (Lipinski definition) is 3. The summed E-state index contributed by atoms with van der Waals surface area (Å²) in [6.45, 7) is 6.94. The first-order valence-corrected chi connectivity index (χ1v) is 5.93. The predicted octanol–water partition coefficient (Wildman–Crippen LogP) is 0.699. The van der Waals surface area contributed by atoms with E-state index in [1.807, 2.05) is 20.9 Å². The molecule has 1 aromatic heterocycles. The summed E-state index contributed by atoms with van der Waals surface area (Å²) < 4.78 is 1.74. The van der Waals surface area contributed by atoms with Gasteiger partial charge in [-0.25, -0.2) is 9.59 Å². The standard InChI is InChI=1S/C12H20N4O3/c1-7-9(8(2)16(5)15-7)6-13-11(19)14-12(3,4)10(17)18/h6H2,1-5H3,(H,17,18)(H2,13,14,19). The van der Waals surface area contributed by atoms with Crippen molar-refractivity contribution >= 4 is 12.0 Å². The van der Waals surface area contributed by atoms with Crippen LogP contribution in [0, 0.1) is 13.8 Å². The van der Waals surface area contributed by atoms with Gasteiger partial charge in [0, 0.05) is 24.8 Å². The third-order valence-electron chi connectivity index (χ3n) is 3.05. The molecular formula is C12H20N4O3. The van der Waals surface area contributed by atoms with Gasteiger partial charge in [0.2, 0.25) is 0 Å². The van der Waals surface area contributed by atoms with Crippen molar-refractivity contribution < 1.29 is 14.7 Å². The van der Waals surface area contributed by atoms with E-state index in [1.165, 1.54) is 13.8 Å². The summed E-state index contributed by atoms with van der Waals surface area (Å²) in [5.74, 6) is -1.09. The van der Waals surface area contributed by atoms with E-state index in [9.17, 15) is 9.59 Å². The number of hydrogen-bond acceptors (Lipinski definition) is 3. The lowest BCUT2D eigenvalue weighted by Gasteiger charge is -2.21. The second-order valence-electron chi connectivity index (χ2n) is 5.01. The van der Waals surface area contributed by atoms with Crippen molar-refractivity contribution in [3.8, 4) is 0 Å². The van der Waals surface area contributed by atoms with Crippen molar-refractivity contribution in [3.05, 3.63) is 17.0 Å². The molecule has 0 saturated carbocycles. The Morgan fingerprint density at radius 1 is 1.37 bits per heavy atom. The van der Waals surface area contributed by atoms with Crippen LogP contribution in [0.25, 0.3) is 0 Å². The number of nitrogens with one attached hydrogen (secondary N) is 2. The molecule has 19 heavy (non-hydrogen) atoms. The summed E-state index contributed by atoms with van der Waals surface area (Å²) in [5, 5.41) is 18.2. The average molecular weight is 268 g/mol. The van der Waals surface area contributed by atoms with Gasteiger partial charge in [-0.2, -0.15) is 5.10 Å². The first-order valence-electron chi connectivity index (χ1n) is 5.93. The number of carboxylic acids is 1. The number of aliphatic carboxylic acids is 1. The van der Waals surface area contributed by atoms with E-state index in [2.05, 4.69) is 15.7 Å². The Morgan fingerprint density at radius 3 is 2.37 bits per heavy atom. The van der Waals surface area contributed by atoms with E-state index in [0.29, 0.717) is 6.54 Å². The molecular weight excluding hydrogens is 248 g/mol. The highest BCUT2D eigenvalue weighted by atomic mass is 16.4. The molecule has 0 spiro atoms. The highest BCUT2D eigenvalue weighted by molar-refractivity contribution is 5.85. The summed E-state index contributed by atoms with van der Waals surface area (Å²) in [7, 11) is 1.83. The summed E-state index contributed by atoms with van der Waals surface area (Å²) >= 11 is 0. The quantitative estimate of drug-likeness (QED) is 0.749. The van der Waals surface area contributed by atoms with Crippen molar-refractivity contribution in [2.75, 3.05) is 0 Å². The summed E-state index contributed by atoms with van der Waals surface area (Å²) in [6, 6.07) is -0.518. The van der Waals surface area contributed by atoms with Crippen molar-refractivity contribution in [1.29, 1.82) is 0 Å². The first-order chi connectivity index (χ1) is 8.65. The molecule has 0 saturated heterocycles. The molecule has 1 heterocycles. The van der Waals surface area contributed by atoms with Crippen molar-refractivity contribution in [1.82, 2.24) is 20.4 Å². The molecule has 0 atom stereocenters. The van der Waals surface area contributed by atoms with Gasteiger partial charge < -0.3 is 15.7 Å². The minimum Gasteiger partial charge on any atom is -0.480 e. The largest absolute Gasteiger partial charge is 0.480 e. The van der Waals surface area contributed by atoms with Crippen LogP contribution >= 0.6 is 0 Å². The molecule has 1 rings (SSSR count). The molecule has 1 aromatic rings. The number of amides is 2. The molecule has 3 N–H and O–H groups in total. The normalized spacial score (nSPS) is 11.2. The molecule has 2 amide bonds. The highest BCUT2D eigenvalue weighted by Gasteiger charge is 2.28. The maximum atomic E-state index is 11.7. The SMILES string of the molecule is Cc1nn(C)c(C)c1CNC(=O)NC(C)(C)C(=O)O. The summed E-state index contributed by atoms with van der Waals surface area (Å²) in [6.07, 6.45) is 0. The van der Waals surface area contributed by atoms with Crippen molar-refractivity contribution in [2.24, 2.45) is 7.05 Å². The number of urea groups is 1. The van der Waals surface area contributed by atoms with Crippen molar-refractivity contribution in [3.63, 3.8) is 0 Å². The van der Waals surface area contributed by atoms with Crippen molar-refractivity contribution in [2.45, 2.75) is 39.8 Å². The van der Waals surface area contributed by atoms with Gasteiger partial charge in [0.25, 0.3) is 0 Å². The molecule has 0 aliphatic carbocycles. The topological polar surface area (TPSA) is 96.3 Å². The van der Waals surface area contributed by atoms with Crippen LogP contribution in [-0.4, -0.2) is 32.4 Å². The lowest BCUT2D eigenvalue weighted by molar-refractivity contribution is -0.142. The fourth-order valence-electron chi connectivity index (χ4n) is 1.62. The highest BCUT2D eigenvalue weighted by Crippen LogP contribution is 2.11.